The summed E-state index contributed by atoms with van der Waals surface area (Å²) in [5.41, 5.74) is 0.966. The maximum absolute atomic E-state index is 13.4. The molecule has 1 aliphatic carbocycles. The Kier molecular flexibility index (Phi) is 5.24. The standard InChI is InChI=1S/C25H31FN4O2/c1-14(2)23(16-4-6-18(26)7-5-16)30-20-10-22(25(30)32)28(13-20)12-15(3)24(31)29-19(11-27)8-17-9-21(17)29/h4-7,14-15,17,19-23H,8-10,12-13H2,1-3H3/t15-,17+,19-,20+,21?,22+,23-/m0/s1. The molecule has 7 heteroatoms. The van der Waals surface area contributed by atoms with Gasteiger partial charge in [-0.3, -0.25) is 14.5 Å². The minimum absolute atomic E-state index is 0.0556. The van der Waals surface area contributed by atoms with Crippen LogP contribution in [0.1, 0.15) is 51.6 Å². The normalized spacial score (nSPS) is 32.9. The number of amides is 2. The number of nitrogens with zero attached hydrogens (tertiary/aromatic N) is 4. The van der Waals surface area contributed by atoms with Gasteiger partial charge in [-0.05, 0) is 48.8 Å². The van der Waals surface area contributed by atoms with E-state index < -0.39 is 0 Å². The van der Waals surface area contributed by atoms with Gasteiger partial charge in [0.15, 0.2) is 0 Å². The molecule has 3 aliphatic heterocycles. The van der Waals surface area contributed by atoms with Gasteiger partial charge in [-0.25, -0.2) is 4.39 Å². The van der Waals surface area contributed by atoms with E-state index in [0.717, 1.165) is 31.4 Å². The summed E-state index contributed by atoms with van der Waals surface area (Å²) in [6.07, 6.45) is 2.61. The van der Waals surface area contributed by atoms with Crippen LogP contribution < -0.4 is 0 Å². The van der Waals surface area contributed by atoms with E-state index >= 15 is 0 Å². The largest absolute Gasteiger partial charge is 0.330 e. The fourth-order valence-electron chi connectivity index (χ4n) is 6.36. The van der Waals surface area contributed by atoms with E-state index in [4.69, 9.17) is 0 Å². The van der Waals surface area contributed by atoms with Crippen LogP contribution in [0.25, 0.3) is 0 Å². The van der Waals surface area contributed by atoms with Crippen molar-refractivity contribution in [3.8, 4) is 6.07 Å². The third kappa shape index (κ3) is 3.40. The van der Waals surface area contributed by atoms with Gasteiger partial charge in [0, 0.05) is 31.1 Å². The molecule has 1 aromatic rings. The van der Waals surface area contributed by atoms with Crippen molar-refractivity contribution in [3.05, 3.63) is 35.6 Å². The van der Waals surface area contributed by atoms with Gasteiger partial charge in [0.2, 0.25) is 11.8 Å². The molecule has 0 radical (unpaired) electrons. The maximum atomic E-state index is 13.4. The first-order valence-corrected chi connectivity index (χ1v) is 11.8. The second-order valence-electron chi connectivity index (χ2n) is 10.4. The predicted octanol–water partition coefficient (Wildman–Crippen LogP) is 2.96. The average molecular weight is 439 g/mol. The molecule has 2 bridgehead atoms. The summed E-state index contributed by atoms with van der Waals surface area (Å²) in [5, 5.41) is 9.42. The highest BCUT2D eigenvalue weighted by atomic mass is 19.1. The summed E-state index contributed by atoms with van der Waals surface area (Å²) >= 11 is 0. The highest BCUT2D eigenvalue weighted by Crippen LogP contribution is 2.48. The molecule has 32 heavy (non-hydrogen) atoms. The smallest absolute Gasteiger partial charge is 0.240 e. The lowest BCUT2D eigenvalue weighted by molar-refractivity contribution is -0.143. The predicted molar refractivity (Wildman–Crippen MR) is 117 cm³/mol. The highest BCUT2D eigenvalue weighted by Gasteiger charge is 2.56. The van der Waals surface area contributed by atoms with Gasteiger partial charge in [-0.2, -0.15) is 5.26 Å². The van der Waals surface area contributed by atoms with Crippen molar-refractivity contribution in [2.45, 2.75) is 70.2 Å². The zero-order valence-electron chi connectivity index (χ0n) is 18.9. The summed E-state index contributed by atoms with van der Waals surface area (Å²) in [7, 11) is 0. The molecule has 4 aliphatic rings. The molecule has 4 fully saturated rings. The number of benzene rings is 1. The van der Waals surface area contributed by atoms with Gasteiger partial charge in [-0.15, -0.1) is 0 Å². The number of piperazine rings is 1. The Hall–Kier alpha value is -2.46. The zero-order valence-corrected chi connectivity index (χ0v) is 18.9. The number of piperidine rings is 1. The Morgan fingerprint density at radius 2 is 1.91 bits per heavy atom. The first-order chi connectivity index (χ1) is 15.3. The number of halogens is 1. The number of likely N-dealkylation sites (tertiary alicyclic amines) is 3. The molecule has 3 heterocycles. The summed E-state index contributed by atoms with van der Waals surface area (Å²) in [4.78, 5) is 32.5. The average Bonchev–Trinajstić information content (AvgIpc) is 3.10. The minimum Gasteiger partial charge on any atom is -0.330 e. The fraction of sp³-hybridized carbons (Fsp3) is 0.640. The number of fused-ring (bicyclic) bond motifs is 3. The number of rotatable bonds is 6. The highest BCUT2D eigenvalue weighted by molar-refractivity contribution is 5.86. The van der Waals surface area contributed by atoms with Crippen molar-refractivity contribution in [3.63, 3.8) is 0 Å². The van der Waals surface area contributed by atoms with Crippen LogP contribution >= 0.6 is 0 Å². The third-order valence-electron chi connectivity index (χ3n) is 7.89. The number of hydrogen-bond donors (Lipinski definition) is 0. The van der Waals surface area contributed by atoms with Crippen LogP contribution in [-0.4, -0.2) is 63.8 Å². The molecular weight excluding hydrogens is 407 g/mol. The van der Waals surface area contributed by atoms with Gasteiger partial charge < -0.3 is 9.80 Å². The first-order valence-electron chi connectivity index (χ1n) is 11.8. The molecule has 1 saturated carbocycles. The van der Waals surface area contributed by atoms with Crippen LogP contribution in [0, 0.1) is 34.9 Å². The maximum Gasteiger partial charge on any atom is 0.240 e. The van der Waals surface area contributed by atoms with E-state index in [9.17, 15) is 19.2 Å². The SMILES string of the molecule is CC(C)[C@@H](c1ccc(F)cc1)N1C(=O)[C@H]2C[C@@H]1CN2C[C@H](C)C(=O)N1C2C[C@H]2C[C@H]1C#N. The monoisotopic (exact) mass is 438 g/mol. The van der Waals surface area contributed by atoms with Gasteiger partial charge >= 0.3 is 0 Å². The van der Waals surface area contributed by atoms with Gasteiger partial charge in [0.25, 0.3) is 0 Å². The van der Waals surface area contributed by atoms with Crippen LogP contribution in [0.4, 0.5) is 4.39 Å². The van der Waals surface area contributed by atoms with Crippen LogP contribution in [0.2, 0.25) is 0 Å². The van der Waals surface area contributed by atoms with Crippen LogP contribution in [0.3, 0.4) is 0 Å². The number of carbonyl (C=O) groups excluding carboxylic acids is 2. The Morgan fingerprint density at radius 3 is 2.53 bits per heavy atom. The van der Waals surface area contributed by atoms with E-state index in [1.807, 2.05) is 16.7 Å². The van der Waals surface area contributed by atoms with Crippen molar-refractivity contribution >= 4 is 11.8 Å². The molecule has 1 aromatic carbocycles. The molecule has 5 rings (SSSR count). The minimum atomic E-state index is -0.289. The molecule has 7 atom stereocenters. The second-order valence-corrected chi connectivity index (χ2v) is 10.4. The lowest BCUT2D eigenvalue weighted by Crippen LogP contribution is -2.54. The molecule has 1 unspecified atom stereocenters. The topological polar surface area (TPSA) is 67.7 Å². The Balaban J connectivity index is 1.27. The van der Waals surface area contributed by atoms with E-state index in [-0.39, 0.29) is 59.7 Å². The molecule has 0 aromatic heterocycles. The molecule has 0 spiro atoms. The van der Waals surface area contributed by atoms with E-state index in [1.165, 1.54) is 12.1 Å². The summed E-state index contributed by atoms with van der Waals surface area (Å²) in [6.45, 7) is 7.42. The fourth-order valence-corrected chi connectivity index (χ4v) is 6.36. The van der Waals surface area contributed by atoms with E-state index in [1.54, 1.807) is 12.1 Å². The van der Waals surface area contributed by atoms with Crippen LogP contribution in [-0.2, 0) is 9.59 Å². The van der Waals surface area contributed by atoms with Crippen molar-refractivity contribution in [2.24, 2.45) is 17.8 Å². The van der Waals surface area contributed by atoms with Crippen molar-refractivity contribution in [1.29, 1.82) is 5.26 Å². The van der Waals surface area contributed by atoms with Crippen molar-refractivity contribution in [1.82, 2.24) is 14.7 Å². The van der Waals surface area contributed by atoms with Crippen LogP contribution in [0.15, 0.2) is 24.3 Å². The summed E-state index contributed by atoms with van der Waals surface area (Å²) < 4.78 is 13.4. The van der Waals surface area contributed by atoms with Crippen LogP contribution in [0.5, 0.6) is 0 Å². The lowest BCUT2D eigenvalue weighted by Gasteiger charge is -2.41. The third-order valence-corrected chi connectivity index (χ3v) is 7.89. The molecule has 3 saturated heterocycles. The second kappa shape index (κ2) is 7.84. The Bertz CT molecular complexity index is 958. The zero-order chi connectivity index (χ0) is 22.7. The van der Waals surface area contributed by atoms with Gasteiger partial charge in [0.1, 0.15) is 11.9 Å². The molecule has 0 N–H and O–H groups in total. The quantitative estimate of drug-likeness (QED) is 0.685. The van der Waals surface area contributed by atoms with Crippen molar-refractivity contribution < 1.29 is 14.0 Å². The van der Waals surface area contributed by atoms with E-state index in [2.05, 4.69) is 24.8 Å². The Morgan fingerprint density at radius 1 is 1.19 bits per heavy atom. The number of hydrogen-bond acceptors (Lipinski definition) is 4. The Labute approximate surface area is 189 Å². The molecule has 6 nitrogen and oxygen atoms in total. The van der Waals surface area contributed by atoms with Gasteiger partial charge in [-0.1, -0.05) is 32.9 Å². The molecule has 2 amide bonds. The van der Waals surface area contributed by atoms with E-state index in [0.29, 0.717) is 12.5 Å². The van der Waals surface area contributed by atoms with Gasteiger partial charge in [0.05, 0.1) is 18.2 Å². The lowest BCUT2D eigenvalue weighted by atomic mass is 9.93. The number of nitriles is 1. The first kappa shape index (κ1) is 21.4. The summed E-state index contributed by atoms with van der Waals surface area (Å²) in [5.74, 6) is 0.381. The summed E-state index contributed by atoms with van der Waals surface area (Å²) in [6, 6.07) is 8.58. The van der Waals surface area contributed by atoms with Crippen molar-refractivity contribution in [2.75, 3.05) is 13.1 Å². The molecular formula is C25H31FN4O2. The number of carbonyl (C=O) groups is 2. The molecule has 170 valence electrons.